The first-order valence-corrected chi connectivity index (χ1v) is 4.63. The van der Waals surface area contributed by atoms with Crippen LogP contribution in [-0.4, -0.2) is 35.4 Å². The van der Waals surface area contributed by atoms with E-state index in [2.05, 4.69) is 19.6 Å². The number of halogens is 4. The van der Waals surface area contributed by atoms with Gasteiger partial charge >= 0.3 is 35.4 Å². The molecule has 0 fully saturated rings. The molecule has 0 spiro atoms. The van der Waals surface area contributed by atoms with Gasteiger partial charge in [0.25, 0.3) is 0 Å². The molecule has 0 aromatic rings. The van der Waals surface area contributed by atoms with Crippen LogP contribution in [0, 0.1) is 0 Å². The van der Waals surface area contributed by atoms with Gasteiger partial charge in [-0.25, -0.2) is 9.59 Å². The Labute approximate surface area is 104 Å². The van der Waals surface area contributed by atoms with Crippen LogP contribution in [0.25, 0.3) is 0 Å². The third-order valence-corrected chi connectivity index (χ3v) is 1.62. The highest BCUT2D eigenvalue weighted by Crippen LogP contribution is 2.09. The molecule has 0 aliphatic carbocycles. The predicted molar refractivity (Wildman–Crippen MR) is 44.0 cm³/mol. The second-order valence-electron chi connectivity index (χ2n) is 2.13. The molecule has 0 aromatic carbocycles. The van der Waals surface area contributed by atoms with Crippen molar-refractivity contribution < 1.29 is 56.3 Å². The first kappa shape index (κ1) is 17.3. The van der Waals surface area contributed by atoms with Gasteiger partial charge in [-0.05, 0) is 0 Å². The van der Waals surface area contributed by atoms with Gasteiger partial charge in [0.05, 0.1) is 0 Å². The molecular weight excluding hydrogens is 308 g/mol. The molecule has 0 aromatic heterocycles. The topological polar surface area (TPSA) is 105 Å². The molecule has 0 rings (SSSR count). The average Bonchev–Trinajstić information content (AvgIpc) is 2.32. The number of thioether (sulfide) groups is 1. The van der Waals surface area contributed by atoms with Crippen molar-refractivity contribution in [2.75, 3.05) is 0 Å². The van der Waals surface area contributed by atoms with Crippen molar-refractivity contribution in [1.29, 1.82) is 0 Å². The van der Waals surface area contributed by atoms with Gasteiger partial charge in [0.15, 0.2) is 0 Å². The van der Waals surface area contributed by atoms with E-state index in [1.54, 1.807) is 0 Å². The van der Waals surface area contributed by atoms with E-state index in [-0.39, 0.29) is 0 Å². The summed E-state index contributed by atoms with van der Waals surface area (Å²) in [5.41, 5.74) is 0. The van der Waals surface area contributed by atoms with Crippen molar-refractivity contribution in [2.45, 2.75) is 13.2 Å². The molecule has 19 heavy (non-hydrogen) atoms. The molecule has 13 heteroatoms. The van der Waals surface area contributed by atoms with E-state index in [0.29, 0.717) is 0 Å². The van der Waals surface area contributed by atoms with Crippen LogP contribution in [-0.2, 0) is 38.7 Å². The van der Waals surface area contributed by atoms with Gasteiger partial charge in [0, 0.05) is 11.8 Å². The summed E-state index contributed by atoms with van der Waals surface area (Å²) >= 11 is -0.658. The zero-order valence-electron chi connectivity index (χ0n) is 8.34. The van der Waals surface area contributed by atoms with Crippen LogP contribution in [0.15, 0.2) is 0 Å². The lowest BCUT2D eigenvalue weighted by Gasteiger charge is -2.01. The molecule has 0 unspecified atom stereocenters. The number of hydrogen-bond acceptors (Lipinski definition) is 9. The minimum Gasteiger partial charge on any atom is -0.283 e. The molecule has 8 nitrogen and oxygen atoms in total. The van der Waals surface area contributed by atoms with Crippen molar-refractivity contribution in [2.24, 2.45) is 0 Å². The molecule has 0 amide bonds. The summed E-state index contributed by atoms with van der Waals surface area (Å²) in [6.45, 7) is -7.05. The second kappa shape index (κ2) is 8.39. The highest BCUT2D eigenvalue weighted by atomic mass is 32.2. The highest BCUT2D eigenvalue weighted by Gasteiger charge is 2.29. The van der Waals surface area contributed by atoms with Crippen LogP contribution in [0.4, 0.5) is 17.6 Å². The van der Waals surface area contributed by atoms with E-state index >= 15 is 0 Å². The van der Waals surface area contributed by atoms with Crippen molar-refractivity contribution in [1.82, 2.24) is 0 Å². The van der Waals surface area contributed by atoms with Crippen molar-refractivity contribution >= 4 is 33.9 Å². The number of carbonyl (C=O) groups excluding carboxylic acids is 4. The zero-order chi connectivity index (χ0) is 15.0. The monoisotopic (exact) mass is 310 g/mol. The van der Waals surface area contributed by atoms with Gasteiger partial charge in [-0.3, -0.25) is 19.4 Å². The van der Waals surface area contributed by atoms with E-state index < -0.39 is 47.2 Å². The Morgan fingerprint density at radius 1 is 0.737 bits per heavy atom. The van der Waals surface area contributed by atoms with Crippen LogP contribution in [0.2, 0.25) is 0 Å². The summed E-state index contributed by atoms with van der Waals surface area (Å²) in [6.07, 6.45) is 0. The van der Waals surface area contributed by atoms with Crippen molar-refractivity contribution in [3.8, 4) is 0 Å². The maximum atomic E-state index is 11.4. The molecule has 0 N–H and O–H groups in total. The van der Waals surface area contributed by atoms with E-state index in [4.69, 9.17) is 0 Å². The Balaban J connectivity index is 4.14. The quantitative estimate of drug-likeness (QED) is 0.311. The van der Waals surface area contributed by atoms with E-state index in [1.807, 2.05) is 0 Å². The third kappa shape index (κ3) is 8.06. The summed E-state index contributed by atoms with van der Waals surface area (Å²) < 4.78 is 45.5. The van der Waals surface area contributed by atoms with Gasteiger partial charge in [-0.1, -0.05) is 0 Å². The SMILES string of the molecule is O=C(OOC(F)F)C(=O)SC(=O)C(=O)OOC(F)F. The first-order chi connectivity index (χ1) is 8.73. The Morgan fingerprint density at radius 2 is 1.05 bits per heavy atom. The molecule has 0 atom stereocenters. The summed E-state index contributed by atoms with van der Waals surface area (Å²) in [6, 6.07) is 0. The molecule has 0 saturated carbocycles. The molecule has 0 saturated heterocycles. The predicted octanol–water partition coefficient (Wildman–Crippen LogP) is 0.168. The molecule has 108 valence electrons. The maximum absolute atomic E-state index is 11.4. The molecular formula is C6H2F4O8S. The van der Waals surface area contributed by atoms with Gasteiger partial charge in [-0.15, -0.1) is 9.78 Å². The minimum absolute atomic E-state index is 0.658. The molecule has 0 aliphatic heterocycles. The third-order valence-electron chi connectivity index (χ3n) is 0.912. The fourth-order valence-corrected chi connectivity index (χ4v) is 0.799. The lowest BCUT2D eigenvalue weighted by molar-refractivity contribution is -0.353. The van der Waals surface area contributed by atoms with Crippen LogP contribution in [0.3, 0.4) is 0 Å². The van der Waals surface area contributed by atoms with Crippen molar-refractivity contribution in [3.05, 3.63) is 0 Å². The fourth-order valence-electron chi connectivity index (χ4n) is 0.396. The van der Waals surface area contributed by atoms with Gasteiger partial charge in [-0.2, -0.15) is 17.6 Å². The Hall–Kier alpha value is -1.73. The lowest BCUT2D eigenvalue weighted by Crippen LogP contribution is -2.22. The van der Waals surface area contributed by atoms with Crippen LogP contribution in [0.1, 0.15) is 0 Å². The number of rotatable bonds is 4. The second-order valence-corrected chi connectivity index (χ2v) is 3.08. The molecule has 0 aliphatic rings. The van der Waals surface area contributed by atoms with Crippen LogP contribution in [0.5, 0.6) is 0 Å². The number of carbonyl (C=O) groups is 4. The Kier molecular flexibility index (Phi) is 7.62. The normalized spacial score (nSPS) is 10.4. The molecule has 0 radical (unpaired) electrons. The summed E-state index contributed by atoms with van der Waals surface area (Å²) in [5, 5.41) is -3.64. The Morgan fingerprint density at radius 3 is 1.32 bits per heavy atom. The fraction of sp³-hybridized carbons (Fsp3) is 0.333. The standard InChI is InChI=1S/C6H2F4O8S/c7-5(8)17-15-1(11)3(13)19-4(14)2(12)16-18-6(9)10/h5-6H. The van der Waals surface area contributed by atoms with E-state index in [1.165, 1.54) is 0 Å². The largest absolute Gasteiger partial charge is 0.420 e. The summed E-state index contributed by atoms with van der Waals surface area (Å²) in [7, 11) is 0. The maximum Gasteiger partial charge on any atom is 0.420 e. The van der Waals surface area contributed by atoms with E-state index in [0.717, 1.165) is 0 Å². The average molecular weight is 310 g/mol. The zero-order valence-corrected chi connectivity index (χ0v) is 9.16. The molecule has 0 bridgehead atoms. The van der Waals surface area contributed by atoms with Crippen molar-refractivity contribution in [3.63, 3.8) is 0 Å². The summed E-state index contributed by atoms with van der Waals surface area (Å²) in [5.74, 6) is -4.05. The van der Waals surface area contributed by atoms with E-state index in [9.17, 15) is 36.7 Å². The van der Waals surface area contributed by atoms with Crippen LogP contribution >= 0.6 is 11.8 Å². The minimum atomic E-state index is -3.53. The Bertz CT molecular complexity index is 338. The first-order valence-electron chi connectivity index (χ1n) is 3.81. The van der Waals surface area contributed by atoms with Gasteiger partial charge in [0.1, 0.15) is 0 Å². The van der Waals surface area contributed by atoms with Gasteiger partial charge < -0.3 is 0 Å². The number of hydrogen-bond donors (Lipinski definition) is 0. The number of alkyl halides is 4. The molecule has 0 heterocycles. The smallest absolute Gasteiger partial charge is 0.283 e. The van der Waals surface area contributed by atoms with Crippen LogP contribution < -0.4 is 0 Å². The summed E-state index contributed by atoms with van der Waals surface area (Å²) in [4.78, 5) is 55.1. The van der Waals surface area contributed by atoms with Gasteiger partial charge in [0.2, 0.25) is 0 Å². The lowest BCUT2D eigenvalue weighted by atomic mass is 10.8. The highest BCUT2D eigenvalue weighted by molar-refractivity contribution is 8.28.